The highest BCUT2D eigenvalue weighted by atomic mass is 16.5. The summed E-state index contributed by atoms with van der Waals surface area (Å²) < 4.78 is 5.34. The van der Waals surface area contributed by atoms with E-state index in [1.165, 1.54) is 0 Å². The predicted molar refractivity (Wildman–Crippen MR) is 123 cm³/mol. The van der Waals surface area contributed by atoms with Crippen LogP contribution in [-0.4, -0.2) is 70.5 Å². The molecule has 4 amide bonds. The summed E-state index contributed by atoms with van der Waals surface area (Å²) in [5.74, 6) is -1.27. The Labute approximate surface area is 201 Å². The molecule has 1 aromatic rings. The molecule has 1 rings (SSSR count). The molecule has 35 heavy (non-hydrogen) atoms. The molecule has 0 aliphatic carbocycles. The van der Waals surface area contributed by atoms with E-state index in [2.05, 4.69) is 27.2 Å². The van der Waals surface area contributed by atoms with Crippen LogP contribution in [0.2, 0.25) is 0 Å². The van der Waals surface area contributed by atoms with Crippen LogP contribution in [-0.2, 0) is 14.4 Å². The van der Waals surface area contributed by atoms with Gasteiger partial charge in [-0.05, 0) is 37.8 Å². The molecular formula is C22H28N4O9. The number of carbonyl (C=O) groups is 5. The van der Waals surface area contributed by atoms with Crippen LogP contribution in [0.1, 0.15) is 32.1 Å². The number of benzene rings is 1. The van der Waals surface area contributed by atoms with Crippen molar-refractivity contribution in [2.24, 2.45) is 0 Å². The molecule has 0 bridgehead atoms. The summed E-state index contributed by atoms with van der Waals surface area (Å²) in [5.41, 5.74) is 0.421. The first kappa shape index (κ1) is 28.6. The van der Waals surface area contributed by atoms with E-state index >= 15 is 0 Å². The molecule has 2 unspecified atom stereocenters. The second kappa shape index (κ2) is 15.4. The van der Waals surface area contributed by atoms with Crippen LogP contribution in [0, 0.1) is 12.3 Å². The maximum atomic E-state index is 12.1. The topological polar surface area (TPSA) is 203 Å². The number of urea groups is 2. The second-order valence-corrected chi connectivity index (χ2v) is 7.20. The molecule has 0 aliphatic rings. The van der Waals surface area contributed by atoms with Crippen LogP contribution in [0.5, 0.6) is 5.75 Å². The van der Waals surface area contributed by atoms with E-state index < -0.39 is 48.5 Å². The number of carboxylic acid groups (broad SMARTS) is 3. The maximum Gasteiger partial charge on any atom is 0.326 e. The monoisotopic (exact) mass is 492 g/mol. The number of hydrogen-bond acceptors (Lipinski definition) is 6. The van der Waals surface area contributed by atoms with Crippen LogP contribution in [0.3, 0.4) is 0 Å². The third-order valence-corrected chi connectivity index (χ3v) is 4.51. The molecule has 1 aromatic carbocycles. The Morgan fingerprint density at radius 3 is 2.14 bits per heavy atom. The molecule has 0 saturated heterocycles. The lowest BCUT2D eigenvalue weighted by Gasteiger charge is -2.18. The van der Waals surface area contributed by atoms with Crippen molar-refractivity contribution in [3.8, 4) is 18.1 Å². The minimum Gasteiger partial charge on any atom is -0.481 e. The van der Waals surface area contributed by atoms with Crippen LogP contribution in [0.4, 0.5) is 15.3 Å². The number of hydrogen-bond donors (Lipinski definition) is 7. The van der Waals surface area contributed by atoms with Crippen molar-refractivity contribution in [1.29, 1.82) is 0 Å². The highest BCUT2D eigenvalue weighted by molar-refractivity contribution is 5.91. The van der Waals surface area contributed by atoms with E-state index in [-0.39, 0.29) is 26.0 Å². The van der Waals surface area contributed by atoms with Crippen LogP contribution < -0.4 is 26.0 Å². The Hall–Kier alpha value is -4.47. The van der Waals surface area contributed by atoms with Crippen molar-refractivity contribution in [2.75, 3.05) is 18.5 Å². The number of anilines is 1. The summed E-state index contributed by atoms with van der Waals surface area (Å²) in [7, 11) is 0. The zero-order valence-electron chi connectivity index (χ0n) is 18.8. The van der Waals surface area contributed by atoms with Crippen LogP contribution in [0.15, 0.2) is 24.3 Å². The van der Waals surface area contributed by atoms with E-state index in [9.17, 15) is 29.1 Å². The van der Waals surface area contributed by atoms with Crippen molar-refractivity contribution in [3.63, 3.8) is 0 Å². The van der Waals surface area contributed by atoms with E-state index in [0.717, 1.165) is 0 Å². The van der Waals surface area contributed by atoms with E-state index in [0.29, 0.717) is 24.3 Å². The van der Waals surface area contributed by atoms with E-state index in [1.54, 1.807) is 24.3 Å². The smallest absolute Gasteiger partial charge is 0.326 e. The largest absolute Gasteiger partial charge is 0.481 e. The summed E-state index contributed by atoms with van der Waals surface area (Å²) in [4.78, 5) is 57.2. The zero-order chi connectivity index (χ0) is 26.2. The van der Waals surface area contributed by atoms with Crippen molar-refractivity contribution in [1.82, 2.24) is 16.0 Å². The summed E-state index contributed by atoms with van der Waals surface area (Å²) in [6.45, 7) is 0.254. The second-order valence-electron chi connectivity index (χ2n) is 7.20. The highest BCUT2D eigenvalue weighted by Crippen LogP contribution is 2.23. The quantitative estimate of drug-likeness (QED) is 0.138. The summed E-state index contributed by atoms with van der Waals surface area (Å²) >= 11 is 0. The molecule has 0 fully saturated rings. The van der Waals surface area contributed by atoms with Gasteiger partial charge in [0, 0.05) is 13.0 Å². The van der Waals surface area contributed by atoms with Crippen LogP contribution >= 0.6 is 0 Å². The minimum atomic E-state index is -1.48. The molecule has 0 aliphatic heterocycles. The van der Waals surface area contributed by atoms with Gasteiger partial charge in [-0.1, -0.05) is 18.1 Å². The van der Waals surface area contributed by atoms with Gasteiger partial charge in [0.25, 0.3) is 0 Å². The van der Waals surface area contributed by atoms with Gasteiger partial charge in [-0.3, -0.25) is 4.79 Å². The predicted octanol–water partition coefficient (Wildman–Crippen LogP) is 1.06. The Balaban J connectivity index is 2.42. The molecule has 0 radical (unpaired) electrons. The van der Waals surface area contributed by atoms with Crippen molar-refractivity contribution < 1.29 is 44.0 Å². The van der Waals surface area contributed by atoms with Crippen molar-refractivity contribution >= 4 is 35.7 Å². The molecule has 190 valence electrons. The lowest BCUT2D eigenvalue weighted by molar-refractivity contribution is -0.140. The number of carboxylic acids is 3. The third kappa shape index (κ3) is 11.8. The molecule has 2 atom stereocenters. The first-order valence-electron chi connectivity index (χ1n) is 10.6. The molecule has 13 heteroatoms. The zero-order valence-corrected chi connectivity index (χ0v) is 18.8. The fraction of sp³-hybridized carbons (Fsp3) is 0.409. The van der Waals surface area contributed by atoms with Crippen molar-refractivity contribution in [2.45, 2.75) is 44.2 Å². The Morgan fingerprint density at radius 2 is 1.54 bits per heavy atom. The number of aliphatic carboxylic acids is 3. The van der Waals surface area contributed by atoms with Gasteiger partial charge in [0.2, 0.25) is 0 Å². The van der Waals surface area contributed by atoms with Crippen molar-refractivity contribution in [3.05, 3.63) is 24.3 Å². The maximum absolute atomic E-state index is 12.1. The average Bonchev–Trinajstić information content (AvgIpc) is 2.79. The Morgan fingerprint density at radius 1 is 0.914 bits per heavy atom. The number of rotatable bonds is 15. The normalized spacial score (nSPS) is 11.7. The molecular weight excluding hydrogens is 464 g/mol. The van der Waals surface area contributed by atoms with Gasteiger partial charge in [-0.25, -0.2) is 19.2 Å². The van der Waals surface area contributed by atoms with Gasteiger partial charge >= 0.3 is 30.0 Å². The summed E-state index contributed by atoms with van der Waals surface area (Å²) in [5, 5.41) is 36.5. The number of terminal acetylenes is 1. The van der Waals surface area contributed by atoms with Gasteiger partial charge < -0.3 is 41.3 Å². The fourth-order valence-corrected chi connectivity index (χ4v) is 2.80. The minimum absolute atomic E-state index is 0.0156. The lowest BCUT2D eigenvalue weighted by atomic mass is 10.1. The first-order valence-corrected chi connectivity index (χ1v) is 10.6. The van der Waals surface area contributed by atoms with Gasteiger partial charge in [-0.2, -0.15) is 0 Å². The summed E-state index contributed by atoms with van der Waals surface area (Å²) in [6, 6.07) is 2.37. The molecule has 13 nitrogen and oxygen atoms in total. The molecule has 0 saturated carbocycles. The van der Waals surface area contributed by atoms with E-state index in [4.69, 9.17) is 21.4 Å². The standard InChI is InChI=1S/C22H28N4O9/c1-2-13-35-17-9-4-3-7-14(17)24-21(33)23-12-6-5-8-15(19(29)30)25-22(34)26-16(20(31)32)10-11-18(27)28/h1,3-4,7,9,15-16H,5-6,8,10-13H2,(H,27,28)(H,29,30)(H,31,32)(H2,23,24,33)(H2,25,26,34). The molecule has 0 aromatic heterocycles. The number of unbranched alkanes of at least 4 members (excludes halogenated alkanes) is 1. The molecule has 0 spiro atoms. The highest BCUT2D eigenvalue weighted by Gasteiger charge is 2.24. The van der Waals surface area contributed by atoms with Gasteiger partial charge in [0.1, 0.15) is 24.4 Å². The number of nitrogens with one attached hydrogen (secondary N) is 4. The van der Waals surface area contributed by atoms with Gasteiger partial charge in [0.05, 0.1) is 5.69 Å². The molecule has 0 heterocycles. The number of amides is 4. The average molecular weight is 492 g/mol. The SMILES string of the molecule is C#CCOc1ccccc1NC(=O)NCCCCC(NC(=O)NC(CCC(=O)O)C(=O)O)C(=O)O. The number of para-hydroxylation sites is 2. The van der Waals surface area contributed by atoms with Crippen LogP contribution in [0.25, 0.3) is 0 Å². The third-order valence-electron chi connectivity index (χ3n) is 4.51. The van der Waals surface area contributed by atoms with Gasteiger partial charge in [0.15, 0.2) is 0 Å². The first-order chi connectivity index (χ1) is 16.6. The number of carbonyl (C=O) groups excluding carboxylic acids is 2. The fourth-order valence-electron chi connectivity index (χ4n) is 2.80. The summed E-state index contributed by atoms with van der Waals surface area (Å²) in [6.07, 6.45) is 5.05. The van der Waals surface area contributed by atoms with Gasteiger partial charge in [-0.15, -0.1) is 6.42 Å². The molecule has 7 N–H and O–H groups in total. The Bertz CT molecular complexity index is 945. The Kier molecular flexibility index (Phi) is 12.6. The van der Waals surface area contributed by atoms with E-state index in [1.807, 2.05) is 0 Å². The number of ether oxygens (including phenoxy) is 1. The lowest BCUT2D eigenvalue weighted by Crippen LogP contribution is -2.51.